The minimum atomic E-state index is -1.21. The molecule has 0 spiro atoms. The highest BCUT2D eigenvalue weighted by molar-refractivity contribution is 6.46. The normalized spacial score (nSPS) is 13.3. The Morgan fingerprint density at radius 2 is 1.23 bits per heavy atom. The van der Waals surface area contributed by atoms with Crippen LogP contribution in [0.4, 0.5) is 0 Å². The molecule has 2 unspecified atom stereocenters. The molecule has 9 heteroatoms. The Morgan fingerprint density at radius 3 is 1.71 bits per heavy atom. The molecule has 6 N–H and O–H groups in total. The third-order valence-electron chi connectivity index (χ3n) is 4.53. The number of carbonyl (C=O) groups is 4. The molecule has 0 amide bonds. The number of carbonyl (C=O) groups excluding carboxylic acids is 2. The highest BCUT2D eigenvalue weighted by atomic mass is 35.5. The maximum absolute atomic E-state index is 12.8. The molecule has 2 aromatic carbocycles. The number of ketones is 2. The summed E-state index contributed by atoms with van der Waals surface area (Å²) in [6, 6.07) is 10.1. The average Bonchev–Trinajstić information content (AvgIpc) is 2.73. The number of rotatable bonds is 10. The van der Waals surface area contributed by atoms with Crippen molar-refractivity contribution >= 4 is 35.1 Å². The van der Waals surface area contributed by atoms with E-state index in [-0.39, 0.29) is 29.0 Å². The van der Waals surface area contributed by atoms with Crippen LogP contribution in [0.3, 0.4) is 0 Å². The van der Waals surface area contributed by atoms with E-state index in [1.54, 1.807) is 36.4 Å². The van der Waals surface area contributed by atoms with Crippen LogP contribution in [0.1, 0.15) is 31.8 Å². The van der Waals surface area contributed by atoms with Gasteiger partial charge in [-0.25, -0.2) is 0 Å². The summed E-state index contributed by atoms with van der Waals surface area (Å²) in [6.07, 6.45) is 0.779. The fourth-order valence-corrected chi connectivity index (χ4v) is 3.09. The van der Waals surface area contributed by atoms with Gasteiger partial charge < -0.3 is 21.7 Å². The third kappa shape index (κ3) is 6.32. The molecule has 8 nitrogen and oxygen atoms in total. The Hall–Kier alpha value is -3.33. The molecular formula is C22H21ClN2O6. The molecule has 0 saturated heterocycles. The number of Topliss-reactive ketones (excluding diaryl/α,β-unsaturated/α-hetero) is 1. The molecule has 0 aromatic heterocycles. The number of aliphatic carboxylic acids is 2. The average molecular weight is 445 g/mol. The lowest BCUT2D eigenvalue weighted by atomic mass is 9.95. The minimum absolute atomic E-state index is 0.0768. The van der Waals surface area contributed by atoms with Gasteiger partial charge in [0.2, 0.25) is 5.78 Å². The second-order valence-corrected chi connectivity index (χ2v) is 7.20. The summed E-state index contributed by atoms with van der Waals surface area (Å²) >= 11 is 6.11. The van der Waals surface area contributed by atoms with Crippen molar-refractivity contribution in [3.63, 3.8) is 0 Å². The number of hydrogen-bond acceptors (Lipinski definition) is 6. The first-order chi connectivity index (χ1) is 14.6. The fourth-order valence-electron chi connectivity index (χ4n) is 2.89. The third-order valence-corrected chi connectivity index (χ3v) is 4.81. The zero-order chi connectivity index (χ0) is 23.1. The zero-order valence-corrected chi connectivity index (χ0v) is 17.1. The highest BCUT2D eigenvalue weighted by Crippen LogP contribution is 2.20. The van der Waals surface area contributed by atoms with Crippen molar-refractivity contribution < 1.29 is 29.4 Å². The summed E-state index contributed by atoms with van der Waals surface area (Å²) in [6.45, 7) is 0. The Labute approximate surface area is 183 Å². The van der Waals surface area contributed by atoms with E-state index in [0.717, 1.165) is 6.08 Å². The van der Waals surface area contributed by atoms with E-state index in [2.05, 4.69) is 0 Å². The zero-order valence-electron chi connectivity index (χ0n) is 16.3. The molecule has 0 aliphatic heterocycles. The lowest BCUT2D eigenvalue weighted by Gasteiger charge is -2.11. The summed E-state index contributed by atoms with van der Waals surface area (Å²) in [5.74, 6) is -3.67. The van der Waals surface area contributed by atoms with Crippen molar-refractivity contribution in [2.45, 2.75) is 24.9 Å². The van der Waals surface area contributed by atoms with E-state index in [0.29, 0.717) is 11.1 Å². The van der Waals surface area contributed by atoms with Crippen molar-refractivity contribution in [3.05, 3.63) is 81.9 Å². The van der Waals surface area contributed by atoms with Crippen LogP contribution in [0, 0.1) is 0 Å². The molecule has 0 fully saturated rings. The first-order valence-electron chi connectivity index (χ1n) is 9.20. The summed E-state index contributed by atoms with van der Waals surface area (Å²) in [5.41, 5.74) is 12.2. The summed E-state index contributed by atoms with van der Waals surface area (Å²) < 4.78 is 0. The van der Waals surface area contributed by atoms with Crippen molar-refractivity contribution in [1.82, 2.24) is 0 Å². The number of carboxylic acid groups (broad SMARTS) is 2. The Bertz CT molecular complexity index is 1050. The predicted octanol–water partition coefficient (Wildman–Crippen LogP) is 1.78. The van der Waals surface area contributed by atoms with Crippen molar-refractivity contribution in [3.8, 4) is 0 Å². The van der Waals surface area contributed by atoms with Crippen LogP contribution in [0.5, 0.6) is 0 Å². The molecule has 0 saturated carbocycles. The van der Waals surface area contributed by atoms with Crippen molar-refractivity contribution in [2.75, 3.05) is 0 Å². The van der Waals surface area contributed by atoms with E-state index in [1.807, 2.05) is 0 Å². The first-order valence-corrected chi connectivity index (χ1v) is 9.58. The molecule has 0 aliphatic carbocycles. The van der Waals surface area contributed by atoms with Crippen LogP contribution >= 0.6 is 11.6 Å². The molecule has 2 rings (SSSR count). The lowest BCUT2D eigenvalue weighted by molar-refractivity contribution is -0.139. The summed E-state index contributed by atoms with van der Waals surface area (Å²) in [5, 5.41) is 17.6. The van der Waals surface area contributed by atoms with Gasteiger partial charge in [-0.2, -0.15) is 0 Å². The van der Waals surface area contributed by atoms with Crippen LogP contribution in [0.25, 0.3) is 0 Å². The van der Waals surface area contributed by atoms with Gasteiger partial charge in [-0.3, -0.25) is 19.2 Å². The number of allylic oxidation sites excluding steroid dienone is 2. The monoisotopic (exact) mass is 444 g/mol. The van der Waals surface area contributed by atoms with E-state index >= 15 is 0 Å². The second-order valence-electron chi connectivity index (χ2n) is 6.80. The van der Waals surface area contributed by atoms with Crippen molar-refractivity contribution in [2.24, 2.45) is 11.5 Å². The maximum atomic E-state index is 12.8. The molecule has 0 aliphatic rings. The van der Waals surface area contributed by atoms with Crippen LogP contribution in [-0.2, 0) is 22.4 Å². The van der Waals surface area contributed by atoms with Gasteiger partial charge in [0.25, 0.3) is 0 Å². The van der Waals surface area contributed by atoms with Gasteiger partial charge in [0.1, 0.15) is 12.1 Å². The largest absolute Gasteiger partial charge is 0.480 e. The fraction of sp³-hybridized carbons (Fsp3) is 0.182. The van der Waals surface area contributed by atoms with Crippen molar-refractivity contribution in [1.29, 1.82) is 0 Å². The number of hydrogen-bond donors (Lipinski definition) is 4. The number of nitrogens with two attached hydrogens (primary N) is 2. The van der Waals surface area contributed by atoms with Gasteiger partial charge in [-0.1, -0.05) is 60.1 Å². The molecule has 2 aromatic rings. The SMILES string of the molecule is NC(Cc1ccccc1C(=O)/C=C(/Cl)C(=O)c1ccccc1CC(N)C(=O)O)C(=O)O. The van der Waals surface area contributed by atoms with E-state index in [1.165, 1.54) is 12.1 Å². The molecule has 0 heterocycles. The van der Waals surface area contributed by atoms with Crippen LogP contribution in [-0.4, -0.2) is 45.8 Å². The van der Waals surface area contributed by atoms with Gasteiger partial charge in [-0.15, -0.1) is 0 Å². The smallest absolute Gasteiger partial charge is 0.320 e. The number of halogens is 1. The second kappa shape index (κ2) is 10.6. The standard InChI is InChI=1S/C22H21ClN2O6/c23-16(20(27)15-8-4-2-6-13(15)10-18(25)22(30)31)11-19(26)14-7-3-1-5-12(14)9-17(24)21(28)29/h1-8,11,17-18H,9-10,24-25H2,(H,28,29)(H,30,31)/b16-11+. The van der Waals surface area contributed by atoms with E-state index in [9.17, 15) is 19.2 Å². The van der Waals surface area contributed by atoms with E-state index in [4.69, 9.17) is 33.3 Å². The maximum Gasteiger partial charge on any atom is 0.320 e. The topological polar surface area (TPSA) is 161 Å². The van der Waals surface area contributed by atoms with Gasteiger partial charge in [0.05, 0.1) is 5.03 Å². The Morgan fingerprint density at radius 1 is 0.806 bits per heavy atom. The molecule has 162 valence electrons. The van der Waals surface area contributed by atoms with Gasteiger partial charge >= 0.3 is 11.9 Å². The molecule has 31 heavy (non-hydrogen) atoms. The number of benzene rings is 2. The molecule has 0 radical (unpaired) electrons. The Kier molecular flexibility index (Phi) is 8.21. The van der Waals surface area contributed by atoms with Gasteiger partial charge in [0, 0.05) is 17.2 Å². The quantitative estimate of drug-likeness (QED) is 0.318. The highest BCUT2D eigenvalue weighted by Gasteiger charge is 2.21. The number of carboxylic acids is 2. The Balaban J connectivity index is 2.31. The first kappa shape index (κ1) is 23.9. The predicted molar refractivity (Wildman–Crippen MR) is 114 cm³/mol. The van der Waals surface area contributed by atoms with Crippen LogP contribution in [0.15, 0.2) is 59.6 Å². The summed E-state index contributed by atoms with van der Waals surface area (Å²) in [4.78, 5) is 47.6. The van der Waals surface area contributed by atoms with Gasteiger partial charge in [0.15, 0.2) is 5.78 Å². The van der Waals surface area contributed by atoms with E-state index < -0.39 is 35.6 Å². The molecule has 2 atom stereocenters. The molecular weight excluding hydrogens is 424 g/mol. The minimum Gasteiger partial charge on any atom is -0.480 e. The molecule has 0 bridgehead atoms. The lowest BCUT2D eigenvalue weighted by Crippen LogP contribution is -2.32. The van der Waals surface area contributed by atoms with Crippen LogP contribution in [0.2, 0.25) is 0 Å². The van der Waals surface area contributed by atoms with Gasteiger partial charge in [-0.05, 0) is 24.0 Å². The summed E-state index contributed by atoms with van der Waals surface area (Å²) in [7, 11) is 0. The van der Waals surface area contributed by atoms with Crippen LogP contribution < -0.4 is 11.5 Å².